The molecule has 0 bridgehead atoms. The zero-order chi connectivity index (χ0) is 14.5. The number of thioether (sulfide) groups is 1. The topological polar surface area (TPSA) is 74.8 Å². The summed E-state index contributed by atoms with van der Waals surface area (Å²) in [4.78, 5) is 29.7. The van der Waals surface area contributed by atoms with Gasteiger partial charge in [-0.05, 0) is 18.3 Å². The Morgan fingerprint density at radius 2 is 2.30 bits per heavy atom. The molecule has 0 unspecified atom stereocenters. The normalized spacial score (nSPS) is 26.2. The average Bonchev–Trinajstić information content (AvgIpc) is 2.42. The molecule has 0 aliphatic heterocycles. The van der Waals surface area contributed by atoms with Crippen LogP contribution in [-0.4, -0.2) is 27.7 Å². The van der Waals surface area contributed by atoms with Crippen LogP contribution < -0.4 is 10.9 Å². The Hall–Kier alpha value is -1.30. The monoisotopic (exact) mass is 295 g/mol. The summed E-state index contributed by atoms with van der Waals surface area (Å²) in [5.41, 5.74) is -0.197. The van der Waals surface area contributed by atoms with Gasteiger partial charge < -0.3 is 10.3 Å². The number of nitrogens with zero attached hydrogens (tertiary/aromatic N) is 1. The van der Waals surface area contributed by atoms with Gasteiger partial charge in [0, 0.05) is 18.3 Å². The Balaban J connectivity index is 1.82. The van der Waals surface area contributed by atoms with Crippen molar-refractivity contribution in [1.82, 2.24) is 15.3 Å². The average molecular weight is 295 g/mol. The van der Waals surface area contributed by atoms with Crippen LogP contribution in [0.25, 0.3) is 0 Å². The minimum absolute atomic E-state index is 0.00690. The Kier molecular flexibility index (Phi) is 5.23. The van der Waals surface area contributed by atoms with Crippen molar-refractivity contribution in [2.24, 2.45) is 11.8 Å². The van der Waals surface area contributed by atoms with Crippen molar-refractivity contribution in [3.8, 4) is 0 Å². The largest absolute Gasteiger partial charge is 0.352 e. The first-order chi connectivity index (χ1) is 9.56. The van der Waals surface area contributed by atoms with Gasteiger partial charge in [0.05, 0.1) is 5.75 Å². The van der Waals surface area contributed by atoms with Crippen LogP contribution in [0, 0.1) is 11.8 Å². The molecule has 1 heterocycles. The van der Waals surface area contributed by atoms with Gasteiger partial charge in [0.25, 0.3) is 5.56 Å². The van der Waals surface area contributed by atoms with Crippen molar-refractivity contribution in [2.75, 3.05) is 5.75 Å². The van der Waals surface area contributed by atoms with Gasteiger partial charge in [-0.1, -0.05) is 38.5 Å². The van der Waals surface area contributed by atoms with Gasteiger partial charge in [-0.15, -0.1) is 0 Å². The molecule has 0 radical (unpaired) electrons. The van der Waals surface area contributed by atoms with E-state index in [0.717, 1.165) is 6.42 Å². The number of aromatic nitrogens is 2. The second kappa shape index (κ2) is 6.92. The molecule has 0 aromatic carbocycles. The van der Waals surface area contributed by atoms with Crippen molar-refractivity contribution >= 4 is 17.7 Å². The quantitative estimate of drug-likeness (QED) is 0.656. The molecule has 1 aliphatic rings. The van der Waals surface area contributed by atoms with Crippen LogP contribution in [-0.2, 0) is 4.79 Å². The predicted molar refractivity (Wildman–Crippen MR) is 79.7 cm³/mol. The second-order valence-electron chi connectivity index (χ2n) is 5.47. The zero-order valence-corrected chi connectivity index (χ0v) is 12.7. The lowest BCUT2D eigenvalue weighted by atomic mass is 9.78. The summed E-state index contributed by atoms with van der Waals surface area (Å²) in [6, 6.07) is 1.63. The van der Waals surface area contributed by atoms with E-state index in [1.165, 1.54) is 36.9 Å². The Morgan fingerprint density at radius 1 is 1.50 bits per heavy atom. The summed E-state index contributed by atoms with van der Waals surface area (Å²) in [7, 11) is 0. The molecule has 1 fully saturated rings. The third kappa shape index (κ3) is 4.10. The molecular formula is C14H21N3O2S. The summed E-state index contributed by atoms with van der Waals surface area (Å²) in [5, 5.41) is 3.59. The molecule has 2 rings (SSSR count). The molecule has 6 heteroatoms. The SMILES string of the molecule is C[C@@H]1[C@H](C)CCC[C@@H]1NC(=O)CSc1nccc(=O)[nH]1. The molecule has 3 atom stereocenters. The Morgan fingerprint density at radius 3 is 3.05 bits per heavy atom. The zero-order valence-electron chi connectivity index (χ0n) is 11.9. The highest BCUT2D eigenvalue weighted by atomic mass is 32.2. The van der Waals surface area contributed by atoms with Crippen LogP contribution in [0.1, 0.15) is 33.1 Å². The van der Waals surface area contributed by atoms with E-state index >= 15 is 0 Å². The fourth-order valence-electron chi connectivity index (χ4n) is 2.59. The minimum Gasteiger partial charge on any atom is -0.352 e. The van der Waals surface area contributed by atoms with Crippen molar-refractivity contribution < 1.29 is 4.79 Å². The maximum absolute atomic E-state index is 12.0. The van der Waals surface area contributed by atoms with Gasteiger partial charge in [0.1, 0.15) is 0 Å². The first-order valence-corrected chi connectivity index (χ1v) is 8.02. The van der Waals surface area contributed by atoms with Crippen LogP contribution in [0.4, 0.5) is 0 Å². The van der Waals surface area contributed by atoms with Crippen LogP contribution in [0.2, 0.25) is 0 Å². The number of rotatable bonds is 4. The van der Waals surface area contributed by atoms with E-state index in [-0.39, 0.29) is 23.3 Å². The van der Waals surface area contributed by atoms with E-state index in [4.69, 9.17) is 0 Å². The van der Waals surface area contributed by atoms with E-state index in [2.05, 4.69) is 29.1 Å². The maximum Gasteiger partial charge on any atom is 0.251 e. The number of hydrogen-bond donors (Lipinski definition) is 2. The summed E-state index contributed by atoms with van der Waals surface area (Å²) in [6.45, 7) is 4.45. The third-order valence-electron chi connectivity index (χ3n) is 4.04. The van der Waals surface area contributed by atoms with Crippen LogP contribution >= 0.6 is 11.8 Å². The molecule has 1 saturated carbocycles. The fourth-order valence-corrected chi connectivity index (χ4v) is 3.25. The summed E-state index contributed by atoms with van der Waals surface area (Å²) in [5.74, 6) is 1.47. The van der Waals surface area contributed by atoms with E-state index in [9.17, 15) is 9.59 Å². The van der Waals surface area contributed by atoms with E-state index < -0.39 is 0 Å². The number of hydrogen-bond acceptors (Lipinski definition) is 4. The Bertz CT molecular complexity index is 517. The lowest BCUT2D eigenvalue weighted by Crippen LogP contribution is -2.44. The van der Waals surface area contributed by atoms with Crippen LogP contribution in [0.15, 0.2) is 22.2 Å². The van der Waals surface area contributed by atoms with Gasteiger partial charge >= 0.3 is 0 Å². The summed E-state index contributed by atoms with van der Waals surface area (Å²) < 4.78 is 0. The molecule has 20 heavy (non-hydrogen) atoms. The highest BCUT2D eigenvalue weighted by Gasteiger charge is 2.27. The second-order valence-corrected chi connectivity index (χ2v) is 6.43. The van der Waals surface area contributed by atoms with Gasteiger partial charge in [0.15, 0.2) is 5.16 Å². The fraction of sp³-hybridized carbons (Fsp3) is 0.643. The third-order valence-corrected chi connectivity index (χ3v) is 4.93. The van der Waals surface area contributed by atoms with Crippen LogP contribution in [0.3, 0.4) is 0 Å². The van der Waals surface area contributed by atoms with Gasteiger partial charge in [-0.3, -0.25) is 9.59 Å². The highest BCUT2D eigenvalue weighted by Crippen LogP contribution is 2.29. The molecule has 1 amide bonds. The first-order valence-electron chi connectivity index (χ1n) is 7.03. The summed E-state index contributed by atoms with van der Waals surface area (Å²) in [6.07, 6.45) is 4.93. The molecule has 1 aromatic heterocycles. The van der Waals surface area contributed by atoms with Crippen LogP contribution in [0.5, 0.6) is 0 Å². The van der Waals surface area contributed by atoms with Gasteiger partial charge in [-0.25, -0.2) is 4.98 Å². The van der Waals surface area contributed by atoms with E-state index in [0.29, 0.717) is 17.0 Å². The van der Waals surface area contributed by atoms with E-state index in [1.807, 2.05) is 0 Å². The van der Waals surface area contributed by atoms with E-state index in [1.54, 1.807) is 0 Å². The number of nitrogens with one attached hydrogen (secondary N) is 2. The Labute approximate surface area is 123 Å². The summed E-state index contributed by atoms with van der Waals surface area (Å²) >= 11 is 1.25. The maximum atomic E-state index is 12.0. The lowest BCUT2D eigenvalue weighted by molar-refractivity contribution is -0.120. The minimum atomic E-state index is -0.197. The number of amides is 1. The molecule has 0 saturated heterocycles. The van der Waals surface area contributed by atoms with Crippen molar-refractivity contribution in [2.45, 2.75) is 44.3 Å². The smallest absolute Gasteiger partial charge is 0.251 e. The number of carbonyl (C=O) groups is 1. The molecular weight excluding hydrogens is 274 g/mol. The molecule has 1 aromatic rings. The lowest BCUT2D eigenvalue weighted by Gasteiger charge is -2.34. The number of aromatic amines is 1. The van der Waals surface area contributed by atoms with Crippen molar-refractivity contribution in [3.63, 3.8) is 0 Å². The van der Waals surface area contributed by atoms with Gasteiger partial charge in [-0.2, -0.15) is 0 Å². The van der Waals surface area contributed by atoms with Crippen molar-refractivity contribution in [3.05, 3.63) is 22.6 Å². The van der Waals surface area contributed by atoms with Gasteiger partial charge in [0.2, 0.25) is 5.91 Å². The number of carbonyl (C=O) groups excluding carboxylic acids is 1. The predicted octanol–water partition coefficient (Wildman–Crippen LogP) is 1.80. The molecule has 2 N–H and O–H groups in total. The standard InChI is InChI=1S/C14H21N3O2S/c1-9-4-3-5-11(10(9)2)16-13(19)8-20-14-15-7-6-12(18)17-14/h6-7,9-11H,3-5,8H2,1-2H3,(H,16,19)(H,15,17,18)/t9-,10-,11+/m1/s1. The highest BCUT2D eigenvalue weighted by molar-refractivity contribution is 7.99. The molecule has 5 nitrogen and oxygen atoms in total. The number of H-pyrrole nitrogens is 1. The first kappa shape index (κ1) is 15.1. The molecule has 110 valence electrons. The molecule has 0 spiro atoms. The van der Waals surface area contributed by atoms with Crippen molar-refractivity contribution in [1.29, 1.82) is 0 Å². The molecule has 1 aliphatic carbocycles.